The van der Waals surface area contributed by atoms with Gasteiger partial charge in [-0.1, -0.05) is 46.3 Å². The van der Waals surface area contributed by atoms with Crippen molar-refractivity contribution in [3.8, 4) is 0 Å². The number of carbonyl (C=O) groups excluding carboxylic acids is 2. The third-order valence-electron chi connectivity index (χ3n) is 3.11. The lowest BCUT2D eigenvalue weighted by Crippen LogP contribution is -2.37. The molecule has 0 heterocycles. The van der Waals surface area contributed by atoms with E-state index in [9.17, 15) is 14.4 Å². The molecule has 0 aliphatic rings. The molecule has 0 fully saturated rings. The first kappa shape index (κ1) is 18.4. The summed E-state index contributed by atoms with van der Waals surface area (Å²) in [4.78, 5) is 35.2. The van der Waals surface area contributed by atoms with E-state index in [1.165, 1.54) is 6.08 Å². The van der Waals surface area contributed by atoms with Crippen LogP contribution in [0.2, 0.25) is 0 Å². The summed E-state index contributed by atoms with van der Waals surface area (Å²) in [6, 6.07) is 15.5. The minimum absolute atomic E-state index is 0.0413. The zero-order valence-corrected chi connectivity index (χ0v) is 14.6. The monoisotopic (exact) mass is 402 g/mol. The fourth-order valence-corrected chi connectivity index (χ4v) is 2.19. The molecule has 25 heavy (non-hydrogen) atoms. The number of benzene rings is 2. The van der Waals surface area contributed by atoms with Gasteiger partial charge in [0.1, 0.15) is 12.2 Å². The fraction of sp³-hybridized carbons (Fsp3) is 0.0556. The molecule has 6 nitrogen and oxygen atoms in total. The van der Waals surface area contributed by atoms with Gasteiger partial charge in [0.15, 0.2) is 0 Å². The summed E-state index contributed by atoms with van der Waals surface area (Å²) in [5.74, 6) is -2.33. The Bertz CT molecular complexity index is 802. The van der Waals surface area contributed by atoms with Gasteiger partial charge in [-0.05, 0) is 35.9 Å². The summed E-state index contributed by atoms with van der Waals surface area (Å²) in [6.45, 7) is -0.543. The van der Waals surface area contributed by atoms with Crippen LogP contribution in [0.25, 0.3) is 6.08 Å². The number of carboxylic acid groups (broad SMARTS) is 1. The molecule has 0 aliphatic carbocycles. The Kier molecular flexibility index (Phi) is 6.47. The highest BCUT2D eigenvalue weighted by Crippen LogP contribution is 2.11. The van der Waals surface area contributed by atoms with E-state index in [4.69, 9.17) is 5.11 Å². The first-order valence-electron chi connectivity index (χ1n) is 7.29. The number of hydrogen-bond acceptors (Lipinski definition) is 3. The number of rotatable bonds is 6. The SMILES string of the molecule is O=C(O)CNC(=O)C(=Cc1ccccc1)NC(=O)c1ccc(Br)cc1. The number of carbonyl (C=O) groups is 3. The average Bonchev–Trinajstić information content (AvgIpc) is 2.60. The Morgan fingerprint density at radius 2 is 1.64 bits per heavy atom. The Hall–Kier alpha value is -2.93. The maximum atomic E-state index is 12.3. The molecule has 2 aromatic carbocycles. The Morgan fingerprint density at radius 1 is 1.00 bits per heavy atom. The normalized spacial score (nSPS) is 10.8. The van der Waals surface area contributed by atoms with Gasteiger partial charge >= 0.3 is 5.97 Å². The summed E-state index contributed by atoms with van der Waals surface area (Å²) in [5, 5.41) is 13.5. The van der Waals surface area contributed by atoms with E-state index >= 15 is 0 Å². The van der Waals surface area contributed by atoms with Gasteiger partial charge in [-0.2, -0.15) is 0 Å². The van der Waals surface area contributed by atoms with Crippen LogP contribution in [0.3, 0.4) is 0 Å². The van der Waals surface area contributed by atoms with Gasteiger partial charge in [-0.25, -0.2) is 0 Å². The summed E-state index contributed by atoms with van der Waals surface area (Å²) in [6.07, 6.45) is 1.48. The standard InChI is InChI=1S/C18H15BrN2O4/c19-14-8-6-13(7-9-14)17(24)21-15(18(25)20-11-16(22)23)10-12-4-2-1-3-5-12/h1-10H,11H2,(H,20,25)(H,21,24)(H,22,23). The van der Waals surface area contributed by atoms with Crippen molar-refractivity contribution in [3.63, 3.8) is 0 Å². The first-order chi connectivity index (χ1) is 12.0. The van der Waals surface area contributed by atoms with E-state index in [2.05, 4.69) is 26.6 Å². The summed E-state index contributed by atoms with van der Waals surface area (Å²) >= 11 is 3.28. The van der Waals surface area contributed by atoms with E-state index in [0.717, 1.165) is 4.47 Å². The van der Waals surface area contributed by atoms with Crippen molar-refractivity contribution in [1.82, 2.24) is 10.6 Å². The number of hydrogen-bond donors (Lipinski definition) is 3. The molecular formula is C18H15BrN2O4. The van der Waals surface area contributed by atoms with Crippen molar-refractivity contribution in [2.45, 2.75) is 0 Å². The van der Waals surface area contributed by atoms with Crippen molar-refractivity contribution in [2.75, 3.05) is 6.54 Å². The van der Waals surface area contributed by atoms with Crippen molar-refractivity contribution in [2.24, 2.45) is 0 Å². The molecule has 0 bridgehead atoms. The summed E-state index contributed by atoms with van der Waals surface area (Å²) in [5.41, 5.74) is 1.02. The van der Waals surface area contributed by atoms with Crippen LogP contribution in [0.4, 0.5) is 0 Å². The molecule has 0 aromatic heterocycles. The zero-order chi connectivity index (χ0) is 18.2. The van der Waals surface area contributed by atoms with Gasteiger partial charge in [0.25, 0.3) is 11.8 Å². The highest BCUT2D eigenvalue weighted by molar-refractivity contribution is 9.10. The second-order valence-electron chi connectivity index (χ2n) is 5.01. The quantitative estimate of drug-likeness (QED) is 0.646. The number of aliphatic carboxylic acids is 1. The van der Waals surface area contributed by atoms with Gasteiger partial charge in [0, 0.05) is 10.0 Å². The number of amides is 2. The van der Waals surface area contributed by atoms with E-state index in [-0.39, 0.29) is 5.70 Å². The fourth-order valence-electron chi connectivity index (χ4n) is 1.92. The number of carboxylic acids is 1. The second-order valence-corrected chi connectivity index (χ2v) is 5.92. The minimum Gasteiger partial charge on any atom is -0.480 e. The van der Waals surface area contributed by atoms with Crippen molar-refractivity contribution in [1.29, 1.82) is 0 Å². The molecule has 2 amide bonds. The van der Waals surface area contributed by atoms with Gasteiger partial charge in [-0.3, -0.25) is 14.4 Å². The molecule has 7 heteroatoms. The van der Waals surface area contributed by atoms with Crippen LogP contribution in [0.1, 0.15) is 15.9 Å². The molecule has 128 valence electrons. The van der Waals surface area contributed by atoms with Crippen LogP contribution in [-0.2, 0) is 9.59 Å². The molecule has 2 aromatic rings. The van der Waals surface area contributed by atoms with Crippen molar-refractivity contribution >= 4 is 39.8 Å². The smallest absolute Gasteiger partial charge is 0.322 e. The molecule has 0 atom stereocenters. The lowest BCUT2D eigenvalue weighted by Gasteiger charge is -2.10. The van der Waals surface area contributed by atoms with Gasteiger partial charge < -0.3 is 15.7 Å². The minimum atomic E-state index is -1.17. The van der Waals surface area contributed by atoms with E-state index < -0.39 is 24.3 Å². The Balaban J connectivity index is 2.23. The third-order valence-corrected chi connectivity index (χ3v) is 3.64. The molecular weight excluding hydrogens is 388 g/mol. The highest BCUT2D eigenvalue weighted by Gasteiger charge is 2.15. The molecule has 0 saturated heterocycles. The van der Waals surface area contributed by atoms with Crippen LogP contribution >= 0.6 is 15.9 Å². The lowest BCUT2D eigenvalue weighted by molar-refractivity contribution is -0.137. The van der Waals surface area contributed by atoms with Crippen molar-refractivity contribution in [3.05, 3.63) is 75.9 Å². The molecule has 0 radical (unpaired) electrons. The largest absolute Gasteiger partial charge is 0.480 e. The maximum Gasteiger partial charge on any atom is 0.322 e. The van der Waals surface area contributed by atoms with E-state index in [1.54, 1.807) is 48.5 Å². The van der Waals surface area contributed by atoms with Crippen molar-refractivity contribution < 1.29 is 19.5 Å². The molecule has 2 rings (SSSR count). The molecule has 0 aliphatic heterocycles. The van der Waals surface area contributed by atoms with Crippen LogP contribution in [0.15, 0.2) is 64.8 Å². The molecule has 0 unspecified atom stereocenters. The predicted molar refractivity (Wildman–Crippen MR) is 96.7 cm³/mol. The maximum absolute atomic E-state index is 12.3. The molecule has 0 spiro atoms. The van der Waals surface area contributed by atoms with E-state index in [1.807, 2.05) is 6.07 Å². The van der Waals surface area contributed by atoms with Gasteiger partial charge in [0.2, 0.25) is 0 Å². The predicted octanol–water partition coefficient (Wildman–Crippen LogP) is 2.42. The first-order valence-corrected chi connectivity index (χ1v) is 8.08. The third kappa shape index (κ3) is 5.89. The summed E-state index contributed by atoms with van der Waals surface area (Å²) < 4.78 is 0.823. The van der Waals surface area contributed by atoms with Crippen LogP contribution < -0.4 is 10.6 Å². The van der Waals surface area contributed by atoms with Gasteiger partial charge in [-0.15, -0.1) is 0 Å². The average molecular weight is 403 g/mol. The second kappa shape index (κ2) is 8.79. The Morgan fingerprint density at radius 3 is 2.24 bits per heavy atom. The highest BCUT2D eigenvalue weighted by atomic mass is 79.9. The number of halogens is 1. The lowest BCUT2D eigenvalue weighted by atomic mass is 10.1. The van der Waals surface area contributed by atoms with Crippen LogP contribution in [0.5, 0.6) is 0 Å². The van der Waals surface area contributed by atoms with Crippen LogP contribution in [-0.4, -0.2) is 29.4 Å². The molecule has 0 saturated carbocycles. The summed E-state index contributed by atoms with van der Waals surface area (Å²) in [7, 11) is 0. The van der Waals surface area contributed by atoms with Gasteiger partial charge in [0.05, 0.1) is 0 Å². The topological polar surface area (TPSA) is 95.5 Å². The molecule has 3 N–H and O–H groups in total. The number of nitrogens with one attached hydrogen (secondary N) is 2. The zero-order valence-electron chi connectivity index (χ0n) is 13.0. The van der Waals surface area contributed by atoms with Crippen LogP contribution in [0, 0.1) is 0 Å². The van der Waals surface area contributed by atoms with E-state index in [0.29, 0.717) is 11.1 Å². The Labute approximate surface area is 152 Å².